The number of nitrogens with one attached hydrogen (secondary N) is 2. The first-order valence-electron chi connectivity index (χ1n) is 11.9. The van der Waals surface area contributed by atoms with Crippen LogP contribution in [0.1, 0.15) is 66.1 Å². The summed E-state index contributed by atoms with van der Waals surface area (Å²) < 4.78 is 19.5. The van der Waals surface area contributed by atoms with Gasteiger partial charge in [-0.1, -0.05) is 18.2 Å². The molecular formula is C27H24FN5O5. The number of aryl methyl sites for hydroxylation is 2. The lowest BCUT2D eigenvalue weighted by Gasteiger charge is -2.15. The van der Waals surface area contributed by atoms with Crippen molar-refractivity contribution in [3.63, 3.8) is 0 Å². The van der Waals surface area contributed by atoms with Gasteiger partial charge in [-0.25, -0.2) is 18.7 Å². The third-order valence-electron chi connectivity index (χ3n) is 6.54. The summed E-state index contributed by atoms with van der Waals surface area (Å²) in [6.07, 6.45) is 2.42. The van der Waals surface area contributed by atoms with E-state index in [-0.39, 0.29) is 41.2 Å². The maximum Gasteiger partial charge on any atom is 0.337 e. The van der Waals surface area contributed by atoms with Gasteiger partial charge in [-0.2, -0.15) is 5.10 Å². The first-order chi connectivity index (χ1) is 18.2. The maximum atomic E-state index is 13.6. The van der Waals surface area contributed by atoms with Gasteiger partial charge in [-0.3, -0.25) is 9.59 Å². The highest BCUT2D eigenvalue weighted by Gasteiger charge is 2.27. The van der Waals surface area contributed by atoms with Crippen LogP contribution >= 0.6 is 0 Å². The number of benzene rings is 2. The third kappa shape index (κ3) is 4.65. The van der Waals surface area contributed by atoms with E-state index in [1.807, 2.05) is 0 Å². The van der Waals surface area contributed by atoms with Crippen molar-refractivity contribution in [1.29, 1.82) is 0 Å². The summed E-state index contributed by atoms with van der Waals surface area (Å²) in [5, 5.41) is 19.9. The molecule has 11 heteroatoms. The molecule has 1 aliphatic carbocycles. The fraction of sp³-hybridized carbons (Fsp3) is 0.222. The van der Waals surface area contributed by atoms with Crippen LogP contribution in [-0.4, -0.2) is 44.6 Å². The number of methoxy groups -OCH3 is 1. The summed E-state index contributed by atoms with van der Waals surface area (Å²) in [5.41, 5.74) is 3.28. The van der Waals surface area contributed by atoms with Crippen LogP contribution < -0.4 is 10.6 Å². The molecule has 0 unspecified atom stereocenters. The number of carbonyl (C=O) groups excluding carboxylic acids is 3. The number of aromatic nitrogens is 3. The zero-order chi connectivity index (χ0) is 27.0. The highest BCUT2D eigenvalue weighted by Crippen LogP contribution is 2.32. The number of halogens is 1. The first kappa shape index (κ1) is 24.9. The van der Waals surface area contributed by atoms with Crippen molar-refractivity contribution in [2.75, 3.05) is 7.11 Å². The number of carbonyl (C=O) groups is 3. The van der Waals surface area contributed by atoms with E-state index < -0.39 is 17.8 Å². The largest absolute Gasteiger partial charge is 0.503 e. The van der Waals surface area contributed by atoms with Crippen molar-refractivity contribution < 1.29 is 28.6 Å². The molecule has 2 aromatic carbocycles. The number of amides is 2. The minimum absolute atomic E-state index is 0.00572. The summed E-state index contributed by atoms with van der Waals surface area (Å²) in [4.78, 5) is 42.3. The van der Waals surface area contributed by atoms with Gasteiger partial charge >= 0.3 is 5.97 Å². The fourth-order valence-corrected chi connectivity index (χ4v) is 4.56. The molecule has 0 bridgehead atoms. The summed E-state index contributed by atoms with van der Waals surface area (Å²) >= 11 is 0. The highest BCUT2D eigenvalue weighted by atomic mass is 19.1. The quantitative estimate of drug-likeness (QED) is 0.335. The number of fused-ring (bicyclic) bond motifs is 2. The number of esters is 1. The molecule has 194 valence electrons. The Hall–Kier alpha value is -4.80. The second-order valence-corrected chi connectivity index (χ2v) is 9.03. The lowest BCUT2D eigenvalue weighted by Crippen LogP contribution is -2.30. The van der Waals surface area contributed by atoms with E-state index in [1.54, 1.807) is 37.3 Å². The van der Waals surface area contributed by atoms with Crippen LogP contribution in [0.15, 0.2) is 48.7 Å². The first-order valence-corrected chi connectivity index (χ1v) is 11.9. The van der Waals surface area contributed by atoms with E-state index in [0.29, 0.717) is 29.5 Å². The van der Waals surface area contributed by atoms with Gasteiger partial charge in [0.25, 0.3) is 11.8 Å². The molecule has 4 aromatic rings. The third-order valence-corrected chi connectivity index (χ3v) is 6.54. The van der Waals surface area contributed by atoms with Gasteiger partial charge in [-0.15, -0.1) is 0 Å². The van der Waals surface area contributed by atoms with Gasteiger partial charge in [0.05, 0.1) is 24.9 Å². The molecule has 0 fully saturated rings. The number of aromatic hydroxyl groups is 1. The van der Waals surface area contributed by atoms with Crippen LogP contribution in [0.5, 0.6) is 5.75 Å². The lowest BCUT2D eigenvalue weighted by molar-refractivity contribution is 0.0600. The molecular weight excluding hydrogens is 493 g/mol. The topological polar surface area (TPSA) is 135 Å². The molecule has 0 saturated carbocycles. The molecule has 0 radical (unpaired) electrons. The summed E-state index contributed by atoms with van der Waals surface area (Å²) in [6.45, 7) is 1.75. The molecule has 0 saturated heterocycles. The van der Waals surface area contributed by atoms with Gasteiger partial charge in [0.15, 0.2) is 11.4 Å². The minimum Gasteiger partial charge on any atom is -0.503 e. The molecule has 0 spiro atoms. The Labute approximate surface area is 216 Å². The van der Waals surface area contributed by atoms with Gasteiger partial charge < -0.3 is 20.5 Å². The molecule has 0 aliphatic heterocycles. The van der Waals surface area contributed by atoms with Crippen molar-refractivity contribution >= 4 is 23.4 Å². The number of hydrogen-bond acceptors (Lipinski definition) is 7. The van der Waals surface area contributed by atoms with E-state index in [9.17, 15) is 23.9 Å². The van der Waals surface area contributed by atoms with E-state index >= 15 is 0 Å². The normalized spacial score (nSPS) is 14.2. The smallest absolute Gasteiger partial charge is 0.337 e. The van der Waals surface area contributed by atoms with Crippen LogP contribution in [-0.2, 0) is 17.7 Å². The van der Waals surface area contributed by atoms with E-state index in [1.165, 1.54) is 19.2 Å². The molecule has 2 amide bonds. The number of hydrogen-bond donors (Lipinski definition) is 3. The molecule has 1 aliphatic rings. The van der Waals surface area contributed by atoms with Gasteiger partial charge in [-0.05, 0) is 60.2 Å². The average Bonchev–Trinajstić information content (AvgIpc) is 3.50. The van der Waals surface area contributed by atoms with Gasteiger partial charge in [0.1, 0.15) is 17.2 Å². The van der Waals surface area contributed by atoms with Crippen LogP contribution in [0.3, 0.4) is 0 Å². The monoisotopic (exact) mass is 517 g/mol. The minimum atomic E-state index is -0.557. The fourth-order valence-electron chi connectivity index (χ4n) is 4.56. The molecule has 5 rings (SSSR count). The average molecular weight is 518 g/mol. The van der Waals surface area contributed by atoms with E-state index in [4.69, 9.17) is 4.74 Å². The maximum absolute atomic E-state index is 13.6. The van der Waals surface area contributed by atoms with Crippen molar-refractivity contribution in [3.8, 4) is 5.75 Å². The Morgan fingerprint density at radius 1 is 1.16 bits per heavy atom. The summed E-state index contributed by atoms with van der Waals surface area (Å²) in [7, 11) is 1.32. The van der Waals surface area contributed by atoms with Crippen LogP contribution in [0, 0.1) is 12.7 Å². The van der Waals surface area contributed by atoms with E-state index in [2.05, 4.69) is 20.7 Å². The zero-order valence-electron chi connectivity index (χ0n) is 20.6. The highest BCUT2D eigenvalue weighted by molar-refractivity contribution is 5.98. The Bertz CT molecular complexity index is 1600. The van der Waals surface area contributed by atoms with Crippen molar-refractivity contribution in [1.82, 2.24) is 25.2 Å². The summed E-state index contributed by atoms with van der Waals surface area (Å²) in [6, 6.07) is 10.7. The molecule has 3 N–H and O–H groups in total. The zero-order valence-corrected chi connectivity index (χ0v) is 20.6. The SMILES string of the molecule is COC(=O)c1ccc2c(c1)CC[C@@H]2NC(=O)c1cc(C(=O)NCc2ccc(F)c(C)c2)n2ncc(O)c2n1. The number of rotatable bonds is 6. The van der Waals surface area contributed by atoms with E-state index in [0.717, 1.165) is 21.8 Å². The number of nitrogens with zero attached hydrogens (tertiary/aromatic N) is 3. The second kappa shape index (κ2) is 9.92. The van der Waals surface area contributed by atoms with Crippen molar-refractivity contribution in [2.24, 2.45) is 0 Å². The van der Waals surface area contributed by atoms with Gasteiger partial charge in [0, 0.05) is 12.6 Å². The number of ether oxygens (including phenoxy) is 1. The molecule has 10 nitrogen and oxygen atoms in total. The molecule has 2 aromatic heterocycles. The predicted molar refractivity (Wildman–Crippen MR) is 133 cm³/mol. The van der Waals surface area contributed by atoms with Crippen molar-refractivity contribution in [3.05, 3.63) is 93.7 Å². The second-order valence-electron chi connectivity index (χ2n) is 9.03. The Morgan fingerprint density at radius 2 is 1.97 bits per heavy atom. The molecule has 2 heterocycles. The van der Waals surface area contributed by atoms with Crippen LogP contribution in [0.4, 0.5) is 4.39 Å². The van der Waals surface area contributed by atoms with Crippen LogP contribution in [0.25, 0.3) is 5.65 Å². The van der Waals surface area contributed by atoms with Crippen LogP contribution in [0.2, 0.25) is 0 Å². The summed E-state index contributed by atoms with van der Waals surface area (Å²) in [5.74, 6) is -2.15. The predicted octanol–water partition coefficient (Wildman–Crippen LogP) is 3.02. The standard InChI is InChI=1S/C27H24FN5O5/c1-14-9-15(3-7-19(14)28)12-29-26(36)22-11-21(31-24-23(34)13-30-33(22)24)25(35)32-20-8-5-16-10-17(27(37)38-2)4-6-18(16)20/h3-4,6-7,9-11,13,20,34H,5,8,12H2,1-2H3,(H,29,36)(H,32,35)/t20-/m0/s1. The molecule has 1 atom stereocenters. The molecule has 38 heavy (non-hydrogen) atoms. The van der Waals surface area contributed by atoms with Gasteiger partial charge in [0.2, 0.25) is 0 Å². The Morgan fingerprint density at radius 3 is 2.74 bits per heavy atom. The van der Waals surface area contributed by atoms with Crippen molar-refractivity contribution in [2.45, 2.75) is 32.4 Å². The lowest BCUT2D eigenvalue weighted by atomic mass is 10.0. The Balaban J connectivity index is 1.38. The Kier molecular flexibility index (Phi) is 6.50.